The highest BCUT2D eigenvalue weighted by molar-refractivity contribution is 5.92. The highest BCUT2D eigenvalue weighted by atomic mass is 16.5. The Labute approximate surface area is 214 Å². The Morgan fingerprint density at radius 1 is 1.11 bits per heavy atom. The Hall–Kier alpha value is -2.79. The molecular weight excluding hydrogens is 434 g/mol. The van der Waals surface area contributed by atoms with Gasteiger partial charge in [-0.25, -0.2) is 0 Å². The van der Waals surface area contributed by atoms with E-state index in [1.807, 2.05) is 40.8 Å². The van der Waals surface area contributed by atoms with Gasteiger partial charge in [-0.3, -0.25) is 9.69 Å². The van der Waals surface area contributed by atoms with Crippen molar-refractivity contribution in [3.05, 3.63) is 77.2 Å². The molecule has 0 bridgehead atoms. The number of amides is 1. The second-order valence-corrected chi connectivity index (χ2v) is 7.94. The van der Waals surface area contributed by atoms with Gasteiger partial charge in [-0.05, 0) is 69.0 Å². The fraction of sp³-hybridized carbons (Fsp3) is 0.500. The second-order valence-electron chi connectivity index (χ2n) is 7.94. The van der Waals surface area contributed by atoms with Crippen LogP contribution in [0.1, 0.15) is 78.1 Å². The van der Waals surface area contributed by atoms with Gasteiger partial charge in [-0.2, -0.15) is 0 Å². The van der Waals surface area contributed by atoms with Crippen LogP contribution in [0.2, 0.25) is 0 Å². The normalized spacial score (nSPS) is 16.8. The zero-order valence-corrected chi connectivity index (χ0v) is 23.4. The van der Waals surface area contributed by atoms with Crippen molar-refractivity contribution >= 4 is 5.91 Å². The fourth-order valence-electron chi connectivity index (χ4n) is 3.76. The van der Waals surface area contributed by atoms with Crippen LogP contribution in [0, 0.1) is 5.92 Å². The van der Waals surface area contributed by atoms with E-state index in [4.69, 9.17) is 10.5 Å². The molecular formula is C30H49N3O2. The van der Waals surface area contributed by atoms with Gasteiger partial charge in [-0.1, -0.05) is 77.0 Å². The van der Waals surface area contributed by atoms with Gasteiger partial charge in [0.1, 0.15) is 5.75 Å². The zero-order chi connectivity index (χ0) is 26.6. The summed E-state index contributed by atoms with van der Waals surface area (Å²) in [6, 6.07) is 6.79. The molecule has 1 aromatic carbocycles. The lowest BCUT2D eigenvalue weighted by Gasteiger charge is -2.17. The number of hydrogen-bond donors (Lipinski definition) is 2. The quantitative estimate of drug-likeness (QED) is 0.267. The van der Waals surface area contributed by atoms with Crippen molar-refractivity contribution < 1.29 is 9.53 Å². The van der Waals surface area contributed by atoms with E-state index in [9.17, 15) is 4.79 Å². The number of nitrogens with zero attached hydrogens (tertiary/aromatic N) is 1. The van der Waals surface area contributed by atoms with Gasteiger partial charge in [0.2, 0.25) is 5.91 Å². The summed E-state index contributed by atoms with van der Waals surface area (Å²) in [5, 5.41) is 3.07. The largest absolute Gasteiger partial charge is 0.441 e. The lowest BCUT2D eigenvalue weighted by molar-refractivity contribution is 0.100. The molecule has 0 radical (unpaired) electrons. The molecule has 1 saturated heterocycles. The lowest BCUT2D eigenvalue weighted by atomic mass is 9.95. The van der Waals surface area contributed by atoms with Gasteiger partial charge in [0.15, 0.2) is 5.88 Å². The third kappa shape index (κ3) is 12.5. The Bertz CT molecular complexity index is 836. The number of carbonyl (C=O) groups excluding carboxylic acids is 1. The number of likely N-dealkylation sites (tertiary alicyclic amines) is 1. The van der Waals surface area contributed by atoms with Crippen molar-refractivity contribution in [3.8, 4) is 5.75 Å². The summed E-state index contributed by atoms with van der Waals surface area (Å²) in [5.41, 5.74) is 8.58. The van der Waals surface area contributed by atoms with Crippen LogP contribution in [0.25, 0.3) is 0 Å². The van der Waals surface area contributed by atoms with Crippen molar-refractivity contribution in [1.82, 2.24) is 10.2 Å². The molecule has 0 aliphatic carbocycles. The van der Waals surface area contributed by atoms with Crippen molar-refractivity contribution in [2.75, 3.05) is 26.7 Å². The third-order valence-electron chi connectivity index (χ3n) is 5.49. The molecule has 196 valence electrons. The first-order chi connectivity index (χ1) is 17.0. The molecule has 1 aromatic rings. The monoisotopic (exact) mass is 483 g/mol. The van der Waals surface area contributed by atoms with Gasteiger partial charge >= 0.3 is 0 Å². The topological polar surface area (TPSA) is 67.6 Å². The van der Waals surface area contributed by atoms with E-state index in [0.29, 0.717) is 23.1 Å². The maximum atomic E-state index is 11.2. The Morgan fingerprint density at radius 3 is 2.31 bits per heavy atom. The molecule has 2 rings (SSSR count). The van der Waals surface area contributed by atoms with Crippen molar-refractivity contribution in [2.45, 2.75) is 67.7 Å². The molecule has 1 fully saturated rings. The van der Waals surface area contributed by atoms with Gasteiger partial charge in [0.05, 0.1) is 0 Å². The number of nitrogens with one attached hydrogen (secondary N) is 1. The van der Waals surface area contributed by atoms with Crippen LogP contribution < -0.4 is 15.8 Å². The molecule has 35 heavy (non-hydrogen) atoms. The summed E-state index contributed by atoms with van der Waals surface area (Å²) in [6.07, 6.45) is 14.2. The third-order valence-corrected chi connectivity index (χ3v) is 5.49. The van der Waals surface area contributed by atoms with Crippen molar-refractivity contribution in [1.29, 1.82) is 0 Å². The van der Waals surface area contributed by atoms with Crippen LogP contribution in [0.15, 0.2) is 71.7 Å². The van der Waals surface area contributed by atoms with Crippen molar-refractivity contribution in [3.63, 3.8) is 0 Å². The van der Waals surface area contributed by atoms with E-state index in [0.717, 1.165) is 32.5 Å². The smallest absolute Gasteiger partial charge is 0.248 e. The van der Waals surface area contributed by atoms with E-state index in [2.05, 4.69) is 55.3 Å². The summed E-state index contributed by atoms with van der Waals surface area (Å²) in [7, 11) is 1.82. The predicted octanol–water partition coefficient (Wildman–Crippen LogP) is 6.85. The van der Waals surface area contributed by atoms with Gasteiger partial charge < -0.3 is 15.8 Å². The number of benzene rings is 1. The molecule has 0 aromatic heterocycles. The van der Waals surface area contributed by atoms with Crippen molar-refractivity contribution in [2.24, 2.45) is 11.7 Å². The van der Waals surface area contributed by atoms with E-state index in [-0.39, 0.29) is 0 Å². The molecule has 3 N–H and O–H groups in total. The summed E-state index contributed by atoms with van der Waals surface area (Å²) < 4.78 is 5.85. The van der Waals surface area contributed by atoms with Crippen LogP contribution in [0.3, 0.4) is 0 Å². The first-order valence-corrected chi connectivity index (χ1v) is 13.2. The second kappa shape index (κ2) is 19.5. The molecule has 0 spiro atoms. The molecule has 0 saturated carbocycles. The summed E-state index contributed by atoms with van der Waals surface area (Å²) in [4.78, 5) is 13.7. The van der Waals surface area contributed by atoms with Gasteiger partial charge in [-0.15, -0.1) is 0 Å². The highest BCUT2D eigenvalue weighted by Crippen LogP contribution is 2.26. The minimum absolute atomic E-state index is 0.447. The number of carbonyl (C=O) groups is 1. The fourth-order valence-corrected chi connectivity index (χ4v) is 3.76. The number of rotatable bonds is 11. The number of ether oxygens (including phenoxy) is 1. The predicted molar refractivity (Wildman–Crippen MR) is 152 cm³/mol. The summed E-state index contributed by atoms with van der Waals surface area (Å²) >= 11 is 0. The zero-order valence-electron chi connectivity index (χ0n) is 23.4. The lowest BCUT2D eigenvalue weighted by Crippen LogP contribution is -2.23. The minimum Gasteiger partial charge on any atom is -0.441 e. The number of nitrogens with two attached hydrogens (primary N) is 1. The minimum atomic E-state index is -0.447. The molecule has 1 heterocycles. The number of allylic oxidation sites excluding steroid dienone is 5. The Kier molecular flexibility index (Phi) is 18.0. The SMILES string of the molecule is CC.CC.CC/C=C\C=C(/CC)C1CCN(C/C(C)=C/C=C(\NC)Oc2ccc(C(N)=O)cc2)C1. The van der Waals surface area contributed by atoms with Crippen LogP contribution in [-0.4, -0.2) is 37.5 Å². The van der Waals surface area contributed by atoms with E-state index < -0.39 is 5.91 Å². The molecule has 1 unspecified atom stereocenters. The van der Waals surface area contributed by atoms with E-state index >= 15 is 0 Å². The molecule has 5 nitrogen and oxygen atoms in total. The summed E-state index contributed by atoms with van der Waals surface area (Å²) in [6.45, 7) is 17.8. The van der Waals surface area contributed by atoms with Crippen LogP contribution in [-0.2, 0) is 0 Å². The first kappa shape index (κ1) is 32.2. The van der Waals surface area contributed by atoms with E-state index in [1.54, 1.807) is 29.8 Å². The average Bonchev–Trinajstić information content (AvgIpc) is 3.35. The molecule has 5 heteroatoms. The first-order valence-electron chi connectivity index (χ1n) is 13.2. The molecule has 1 atom stereocenters. The Morgan fingerprint density at radius 2 is 1.77 bits per heavy atom. The van der Waals surface area contributed by atoms with Gasteiger partial charge in [0, 0.05) is 25.7 Å². The van der Waals surface area contributed by atoms with Crippen LogP contribution in [0.4, 0.5) is 0 Å². The average molecular weight is 484 g/mol. The summed E-state index contributed by atoms with van der Waals surface area (Å²) in [5.74, 6) is 1.51. The van der Waals surface area contributed by atoms with Crippen LogP contribution >= 0.6 is 0 Å². The Balaban J connectivity index is 0.00000274. The molecule has 1 aliphatic heterocycles. The molecule has 1 aliphatic rings. The van der Waals surface area contributed by atoms with Gasteiger partial charge in [0.25, 0.3) is 0 Å². The number of hydrogen-bond acceptors (Lipinski definition) is 4. The molecule has 1 amide bonds. The van der Waals surface area contributed by atoms with E-state index in [1.165, 1.54) is 12.0 Å². The maximum Gasteiger partial charge on any atom is 0.248 e. The number of primary amides is 1. The standard InChI is InChI=1S/C26H37N3O2.2C2H6/c1-5-7-8-9-21(6-2)23-16-17-29(19-23)18-20(3)10-15-25(28-4)31-24-13-11-22(12-14-24)26(27)30;2*1-2/h7-15,23,28H,5-6,16-19H2,1-4H3,(H2,27,30);2*1-2H3/b8-7-,20-10+,21-9+,25-15+;;. The maximum absolute atomic E-state index is 11.2. The van der Waals surface area contributed by atoms with Crippen LogP contribution in [0.5, 0.6) is 5.75 Å². The highest BCUT2D eigenvalue weighted by Gasteiger charge is 2.24.